The lowest BCUT2D eigenvalue weighted by Gasteiger charge is -2.40. The van der Waals surface area contributed by atoms with Gasteiger partial charge in [-0.1, -0.05) is 42.5 Å². The molecule has 2 saturated heterocycles. The molecule has 5 rings (SSSR count). The van der Waals surface area contributed by atoms with Crippen LogP contribution in [0.3, 0.4) is 0 Å². The quantitative estimate of drug-likeness (QED) is 0.0920. The van der Waals surface area contributed by atoms with Gasteiger partial charge in [-0.25, -0.2) is 0 Å². The van der Waals surface area contributed by atoms with Crippen LogP contribution in [-0.4, -0.2) is 120 Å². The number of carbonyl (C=O) groups excluding carboxylic acids is 2. The minimum absolute atomic E-state index is 0.0843. The number of nitrogens with one attached hydrogen (secondary N) is 3. The van der Waals surface area contributed by atoms with Crippen molar-refractivity contribution in [3.63, 3.8) is 0 Å². The van der Waals surface area contributed by atoms with Crippen LogP contribution in [0.15, 0.2) is 72.8 Å². The summed E-state index contributed by atoms with van der Waals surface area (Å²) in [6.45, 7) is 1.13. The lowest BCUT2D eigenvalue weighted by Crippen LogP contribution is -2.60. The number of amidine groups is 1. The van der Waals surface area contributed by atoms with Gasteiger partial charge in [-0.3, -0.25) is 15.0 Å². The van der Waals surface area contributed by atoms with E-state index in [1.54, 1.807) is 54.5 Å². The largest absolute Gasteiger partial charge is 0.495 e. The Balaban J connectivity index is 1.32. The predicted molar refractivity (Wildman–Crippen MR) is 179 cm³/mol. The van der Waals surface area contributed by atoms with Gasteiger partial charge in [0.15, 0.2) is 0 Å². The Morgan fingerprint density at radius 1 is 0.959 bits per heavy atom. The van der Waals surface area contributed by atoms with Gasteiger partial charge in [0.05, 0.1) is 25.9 Å². The Kier molecular flexibility index (Phi) is 11.5. The molecule has 0 bridgehead atoms. The van der Waals surface area contributed by atoms with E-state index < -0.39 is 49.3 Å². The number of benzene rings is 3. The van der Waals surface area contributed by atoms with Crippen LogP contribution in [-0.2, 0) is 14.3 Å². The first-order valence-corrected chi connectivity index (χ1v) is 15.8. The number of nitrogens with zero attached hydrogens (tertiary/aromatic N) is 2. The number of para-hydroxylation sites is 3. The highest BCUT2D eigenvalue weighted by Crippen LogP contribution is 2.32. The highest BCUT2D eigenvalue weighted by molar-refractivity contribution is 5.96. The summed E-state index contributed by atoms with van der Waals surface area (Å²) >= 11 is 0. The fraction of sp³-hybridized carbons (Fsp3) is 0.382. The SMILES string of the molecule is COc1ccccc1N1CCN(C(=O)CNC(=O)C(Nc2cccc(C(=N)N)c2)c2ccccc2O[C@@H]2O[C@H](CO)[C@@H](O)[C@H](O)[C@H]2O)CC1. The molecule has 0 aliphatic carbocycles. The molecule has 0 spiro atoms. The molecule has 9 N–H and O–H groups in total. The molecule has 3 aromatic rings. The van der Waals surface area contributed by atoms with E-state index in [0.717, 1.165) is 11.4 Å². The molecular weight excluding hydrogens is 636 g/mol. The van der Waals surface area contributed by atoms with Crippen LogP contribution in [0.1, 0.15) is 17.2 Å². The number of hydrogen-bond acceptors (Lipinski definition) is 12. The first kappa shape index (κ1) is 35.4. The Morgan fingerprint density at radius 2 is 1.65 bits per heavy atom. The van der Waals surface area contributed by atoms with E-state index in [1.165, 1.54) is 6.07 Å². The van der Waals surface area contributed by atoms with Gasteiger partial charge in [-0.05, 0) is 30.3 Å². The summed E-state index contributed by atoms with van der Waals surface area (Å²) in [6.07, 6.45) is -7.63. The van der Waals surface area contributed by atoms with E-state index in [0.29, 0.717) is 37.4 Å². The van der Waals surface area contributed by atoms with Crippen molar-refractivity contribution >= 4 is 29.0 Å². The second-order valence-corrected chi connectivity index (χ2v) is 11.7. The third-order valence-electron chi connectivity index (χ3n) is 8.54. The number of aliphatic hydroxyl groups excluding tert-OH is 4. The number of rotatable bonds is 12. The van der Waals surface area contributed by atoms with E-state index in [1.807, 2.05) is 24.3 Å². The first-order chi connectivity index (χ1) is 23.6. The molecule has 0 saturated carbocycles. The number of amides is 2. The topological polar surface area (TPSA) is 223 Å². The molecule has 2 aliphatic rings. The minimum Gasteiger partial charge on any atom is -0.495 e. The van der Waals surface area contributed by atoms with E-state index >= 15 is 0 Å². The Labute approximate surface area is 283 Å². The fourth-order valence-electron chi connectivity index (χ4n) is 5.81. The Hall–Kier alpha value is -4.93. The van der Waals surface area contributed by atoms with Crippen LogP contribution in [0.4, 0.5) is 11.4 Å². The van der Waals surface area contributed by atoms with E-state index in [4.69, 9.17) is 25.4 Å². The second-order valence-electron chi connectivity index (χ2n) is 11.7. The standard InChI is InChI=1S/C34H42N6O9/c1-47-25-12-5-3-10-23(25)39-13-15-40(16-14-39)27(42)18-37-33(46)28(38-21-8-6-7-20(17-21)32(35)36)22-9-2-4-11-24(22)48-34-31(45)30(44)29(43)26(19-41)49-34/h2-12,17,26,28-31,34,38,41,43-45H,13-16,18-19H2,1H3,(H3,35,36)(H,37,46)/t26-,28?,29-,30+,31-,34-/m1/s1. The van der Waals surface area contributed by atoms with Crippen molar-refractivity contribution in [3.05, 3.63) is 83.9 Å². The number of hydrogen-bond donors (Lipinski definition) is 8. The van der Waals surface area contributed by atoms with Crippen molar-refractivity contribution in [1.82, 2.24) is 10.2 Å². The second kappa shape index (κ2) is 16.0. The molecule has 49 heavy (non-hydrogen) atoms. The minimum atomic E-state index is -1.68. The Morgan fingerprint density at radius 3 is 2.35 bits per heavy atom. The average molecular weight is 679 g/mol. The van der Waals surface area contributed by atoms with Crippen molar-refractivity contribution in [3.8, 4) is 11.5 Å². The highest BCUT2D eigenvalue weighted by Gasteiger charge is 2.45. The molecule has 15 nitrogen and oxygen atoms in total. The molecule has 0 radical (unpaired) electrons. The van der Waals surface area contributed by atoms with Crippen molar-refractivity contribution in [2.75, 3.05) is 56.7 Å². The van der Waals surface area contributed by atoms with Crippen LogP contribution in [0.2, 0.25) is 0 Å². The molecule has 15 heteroatoms. The van der Waals surface area contributed by atoms with Crippen LogP contribution >= 0.6 is 0 Å². The zero-order chi connectivity index (χ0) is 35.1. The summed E-state index contributed by atoms with van der Waals surface area (Å²) in [7, 11) is 1.61. The summed E-state index contributed by atoms with van der Waals surface area (Å²) in [5, 5.41) is 54.4. The number of methoxy groups -OCH3 is 1. The predicted octanol–water partition coefficient (Wildman–Crippen LogP) is -0.224. The number of piperazine rings is 1. The third-order valence-corrected chi connectivity index (χ3v) is 8.54. The molecule has 6 atom stereocenters. The molecule has 262 valence electrons. The maximum atomic E-state index is 13.9. The third kappa shape index (κ3) is 8.21. The van der Waals surface area contributed by atoms with Crippen LogP contribution in [0.5, 0.6) is 11.5 Å². The number of aliphatic hydroxyl groups is 4. The van der Waals surface area contributed by atoms with Gasteiger partial charge >= 0.3 is 0 Å². The number of anilines is 2. The maximum Gasteiger partial charge on any atom is 0.247 e. The van der Waals surface area contributed by atoms with Gasteiger partial charge in [-0.2, -0.15) is 0 Å². The van der Waals surface area contributed by atoms with E-state index in [-0.39, 0.29) is 29.6 Å². The number of ether oxygens (including phenoxy) is 3. The van der Waals surface area contributed by atoms with Gasteiger partial charge in [0.1, 0.15) is 47.8 Å². The molecular formula is C34H42N6O9. The number of nitrogens with two attached hydrogens (primary N) is 1. The summed E-state index contributed by atoms with van der Waals surface area (Å²) in [6, 6.07) is 19.5. The fourth-order valence-corrected chi connectivity index (χ4v) is 5.81. The molecule has 2 fully saturated rings. The van der Waals surface area contributed by atoms with Gasteiger partial charge < -0.3 is 60.8 Å². The van der Waals surface area contributed by atoms with Crippen molar-refractivity contribution in [2.24, 2.45) is 5.73 Å². The van der Waals surface area contributed by atoms with Crippen molar-refractivity contribution in [2.45, 2.75) is 36.7 Å². The van der Waals surface area contributed by atoms with Crippen LogP contribution < -0.4 is 30.7 Å². The van der Waals surface area contributed by atoms with E-state index in [2.05, 4.69) is 15.5 Å². The normalized spacial score (nSPS) is 22.9. The van der Waals surface area contributed by atoms with Gasteiger partial charge in [0.25, 0.3) is 0 Å². The molecule has 1 unspecified atom stereocenters. The van der Waals surface area contributed by atoms with E-state index in [9.17, 15) is 30.0 Å². The highest BCUT2D eigenvalue weighted by atomic mass is 16.7. The average Bonchev–Trinajstić information content (AvgIpc) is 3.13. The number of nitrogen functional groups attached to an aromatic ring is 1. The van der Waals surface area contributed by atoms with Gasteiger partial charge in [-0.15, -0.1) is 0 Å². The van der Waals surface area contributed by atoms with Crippen molar-refractivity contribution in [1.29, 1.82) is 5.41 Å². The number of carbonyl (C=O) groups is 2. The van der Waals surface area contributed by atoms with Crippen LogP contribution in [0, 0.1) is 5.41 Å². The molecule has 2 aliphatic heterocycles. The van der Waals surface area contributed by atoms with Gasteiger partial charge in [0, 0.05) is 43.0 Å². The van der Waals surface area contributed by atoms with Gasteiger partial charge in [0.2, 0.25) is 18.1 Å². The monoisotopic (exact) mass is 678 g/mol. The summed E-state index contributed by atoms with van der Waals surface area (Å²) in [4.78, 5) is 31.0. The van der Waals surface area contributed by atoms with Crippen LogP contribution in [0.25, 0.3) is 0 Å². The summed E-state index contributed by atoms with van der Waals surface area (Å²) < 4.78 is 17.0. The smallest absolute Gasteiger partial charge is 0.247 e. The summed E-state index contributed by atoms with van der Waals surface area (Å²) in [5.74, 6) is -0.193. The zero-order valence-corrected chi connectivity index (χ0v) is 26.9. The molecule has 2 heterocycles. The lowest BCUT2D eigenvalue weighted by atomic mass is 9.99. The van der Waals surface area contributed by atoms with Crippen molar-refractivity contribution < 1.29 is 44.2 Å². The molecule has 3 aromatic carbocycles. The Bertz CT molecular complexity index is 1620. The lowest BCUT2D eigenvalue weighted by molar-refractivity contribution is -0.277. The first-order valence-electron chi connectivity index (χ1n) is 15.8. The zero-order valence-electron chi connectivity index (χ0n) is 26.9. The summed E-state index contributed by atoms with van der Waals surface area (Å²) in [5.41, 5.74) is 7.76. The molecule has 0 aromatic heterocycles. The molecule has 2 amide bonds. The maximum absolute atomic E-state index is 13.9.